The second-order valence-electron chi connectivity index (χ2n) is 16.1. The fraction of sp³-hybridized carbons (Fsp3) is 0.405. The van der Waals surface area contributed by atoms with Gasteiger partial charge >= 0.3 is 5.82 Å². The van der Waals surface area contributed by atoms with Gasteiger partial charge in [0.2, 0.25) is 17.7 Å². The molecule has 0 fully saturated rings. The van der Waals surface area contributed by atoms with E-state index in [4.69, 9.17) is 0 Å². The molecule has 0 aliphatic heterocycles. The van der Waals surface area contributed by atoms with Crippen LogP contribution in [0.3, 0.4) is 0 Å². The molecule has 0 N–H and O–H groups in total. The van der Waals surface area contributed by atoms with E-state index in [1.54, 1.807) is 74.8 Å². The second kappa shape index (κ2) is 60.4. The maximum Gasteiger partial charge on any atom is 0.331 e. The monoisotopic (exact) mass is 1230 g/mol. The van der Waals surface area contributed by atoms with Gasteiger partial charge in [0.15, 0.2) is 13.2 Å². The lowest BCUT2D eigenvalue weighted by Crippen LogP contribution is -2.35. The average Bonchev–Trinajstić information content (AvgIpc) is 2.35. The Morgan fingerprint density at radius 2 is 0.633 bits per heavy atom. The van der Waals surface area contributed by atoms with E-state index >= 15 is 0 Å². The van der Waals surface area contributed by atoms with Crippen LogP contribution in [0.2, 0.25) is 0 Å². The van der Waals surface area contributed by atoms with Crippen LogP contribution < -0.4 is 23.0 Å². The molecule has 0 atom stereocenters. The molecule has 16 heteroatoms. The van der Waals surface area contributed by atoms with Crippen LogP contribution in [0.4, 0.5) is 0 Å². The molecule has 0 saturated carbocycles. The highest BCUT2D eigenvalue weighted by Crippen LogP contribution is 2.20. The quantitative estimate of drug-likeness (QED) is 0.151. The van der Waals surface area contributed by atoms with Crippen LogP contribution in [0.25, 0.3) is 56.5 Å². The minimum Gasteiger partial charge on any atom is -0.264 e. The molecule has 490 valence electrons. The summed E-state index contributed by atoms with van der Waals surface area (Å²) in [6.45, 7) is 50.3. The van der Waals surface area contributed by atoms with Crippen LogP contribution in [0, 0.1) is 34.6 Å². The Labute approximate surface area is 547 Å². The summed E-state index contributed by atoms with van der Waals surface area (Å²) in [6.07, 6.45) is 36.2. The molecule has 0 unspecified atom stereocenters. The zero-order chi connectivity index (χ0) is 69.8. The molecule has 90 heavy (non-hydrogen) atoms. The van der Waals surface area contributed by atoms with E-state index in [9.17, 15) is 0 Å². The van der Waals surface area contributed by atoms with Crippen molar-refractivity contribution in [3.05, 3.63) is 207 Å². The van der Waals surface area contributed by atoms with Gasteiger partial charge in [-0.25, -0.2) is 13.7 Å². The first-order chi connectivity index (χ1) is 43.9. The van der Waals surface area contributed by atoms with Crippen molar-refractivity contribution in [1.29, 1.82) is 0 Å². The molecule has 10 rings (SSSR count). The third kappa shape index (κ3) is 32.9. The lowest BCUT2D eigenvalue weighted by molar-refractivity contribution is -0.720. The lowest BCUT2D eigenvalue weighted by atomic mass is 10.1. The highest BCUT2D eigenvalue weighted by molar-refractivity contribution is 5.60. The molecule has 16 nitrogen and oxygen atoms in total. The fourth-order valence-electron chi connectivity index (χ4n) is 7.02. The third-order valence-corrected chi connectivity index (χ3v) is 11.1. The third-order valence-electron chi connectivity index (χ3n) is 11.1. The Bertz CT molecular complexity index is 2550. The maximum absolute atomic E-state index is 4.33. The molecule has 0 aliphatic carbocycles. The van der Waals surface area contributed by atoms with Crippen molar-refractivity contribution in [2.24, 2.45) is 35.2 Å². The molecule has 0 aliphatic rings. The van der Waals surface area contributed by atoms with Crippen molar-refractivity contribution >= 4 is 0 Å². The van der Waals surface area contributed by atoms with Crippen LogP contribution in [0.1, 0.15) is 166 Å². The average molecular weight is 1230 g/mol. The summed E-state index contributed by atoms with van der Waals surface area (Å²) < 4.78 is 9.75. The Balaban J connectivity index is -0.000000312. The van der Waals surface area contributed by atoms with Crippen LogP contribution in [-0.2, 0) is 35.2 Å². The van der Waals surface area contributed by atoms with Gasteiger partial charge in [0.1, 0.15) is 25.1 Å². The number of rotatable bonds is 5. The predicted octanol–water partition coefficient (Wildman–Crippen LogP) is 16.0. The molecule has 10 aromatic heterocycles. The molecule has 10 aromatic rings. The smallest absolute Gasteiger partial charge is 0.264 e. The van der Waals surface area contributed by atoms with Crippen molar-refractivity contribution in [3.63, 3.8) is 0 Å². The molecule has 0 aromatic carbocycles. The Morgan fingerprint density at radius 3 is 1.01 bits per heavy atom. The van der Waals surface area contributed by atoms with Crippen molar-refractivity contribution in [2.75, 3.05) is 0 Å². The minimum atomic E-state index is 0.880. The van der Waals surface area contributed by atoms with Gasteiger partial charge in [0.05, 0.1) is 68.2 Å². The van der Waals surface area contributed by atoms with E-state index in [-0.39, 0.29) is 0 Å². The number of pyridine rings is 5. The number of hydrogen-bond donors (Lipinski definition) is 0. The zero-order valence-corrected chi connectivity index (χ0v) is 61.4. The second-order valence-corrected chi connectivity index (χ2v) is 16.1. The first-order valence-corrected chi connectivity index (χ1v) is 32.4. The molecular formula is C74H119N16+5. The summed E-state index contributed by atoms with van der Waals surface area (Å²) in [7, 11) is 9.82. The summed E-state index contributed by atoms with van der Waals surface area (Å²) in [5.41, 5.74) is 14.8. The van der Waals surface area contributed by atoms with Gasteiger partial charge in [0.25, 0.3) is 18.5 Å². The Kier molecular flexibility index (Phi) is 60.3. The zero-order valence-electron chi connectivity index (χ0n) is 61.4. The van der Waals surface area contributed by atoms with Crippen molar-refractivity contribution in [2.45, 2.75) is 173 Å². The molecule has 0 saturated heterocycles. The number of hydrogen-bond acceptors (Lipinski definition) is 11. The standard InChI is InChI=1S/4C11H12N3.C10H11N4.10C2H6/c1-9-3-5-12-7-10(9)11-4-6-13-8-14(11)2;1-9-4-6-12-8-10(9)11-13-5-3-7-14(11)2;1-9-3-4-12-7-10(9)11-8-13-5-6-14(11)2;1-9-5-7-12-8-10(9)11-4-3-6-13-14(11)2;1-8-3-4-11-5-9(8)10-13-6-12-7-14(10)2;10*1-2/h4*3-8H,1-2H3;3-7H,1-2H3;10*1-2H3/q5*+1;;;;;;;;;;. The SMILES string of the molecule is CC.CC.CC.CC.CC.CC.CC.CC.CC.CC.Cc1ccncc1-c1cccn[n+]1C.Cc1ccncc1-c1ccnc[n+]1C.Cc1ccncc1-c1cncc[n+]1C.Cc1ccncc1-c1nccc[n+]1C.Cc1ccncc1-c1ncnc[n+]1C. The minimum absolute atomic E-state index is 0.880. The van der Waals surface area contributed by atoms with Gasteiger partial charge < -0.3 is 0 Å². The van der Waals surface area contributed by atoms with E-state index in [0.29, 0.717) is 0 Å². The van der Waals surface area contributed by atoms with Crippen LogP contribution in [0.15, 0.2) is 179 Å². The van der Waals surface area contributed by atoms with E-state index in [1.165, 1.54) is 22.3 Å². The van der Waals surface area contributed by atoms with Crippen LogP contribution >= 0.6 is 0 Å². The van der Waals surface area contributed by atoms with Crippen molar-refractivity contribution < 1.29 is 23.0 Å². The van der Waals surface area contributed by atoms with Gasteiger partial charge in [-0.1, -0.05) is 158 Å². The first kappa shape index (κ1) is 89.8. The summed E-state index contributed by atoms with van der Waals surface area (Å²) in [6, 6.07) is 17.8. The van der Waals surface area contributed by atoms with E-state index < -0.39 is 0 Å². The largest absolute Gasteiger partial charge is 0.331 e. The van der Waals surface area contributed by atoms with Crippen LogP contribution in [-0.4, -0.2) is 54.9 Å². The van der Waals surface area contributed by atoms with Gasteiger partial charge in [-0.3, -0.25) is 29.9 Å². The van der Waals surface area contributed by atoms with Gasteiger partial charge in [-0.15, -0.1) is 0 Å². The molecule has 10 heterocycles. The highest BCUT2D eigenvalue weighted by atomic mass is 15.2. The van der Waals surface area contributed by atoms with Gasteiger partial charge in [-0.05, 0) is 109 Å². The normalized spacial score (nSPS) is 8.56. The number of aromatic nitrogens is 16. The number of nitrogens with zero attached hydrogens (tertiary/aromatic N) is 16. The molecule has 0 amide bonds. The Morgan fingerprint density at radius 1 is 0.267 bits per heavy atom. The molecular weight excluding hydrogens is 1110 g/mol. The maximum atomic E-state index is 4.33. The van der Waals surface area contributed by atoms with Gasteiger partial charge in [-0.2, -0.15) is 4.57 Å². The summed E-state index contributed by atoms with van der Waals surface area (Å²) in [5, 5.41) is 4.19. The topological polar surface area (TPSA) is 161 Å². The highest BCUT2D eigenvalue weighted by Gasteiger charge is 2.16. The lowest BCUT2D eigenvalue weighted by Gasteiger charge is -2.03. The summed E-state index contributed by atoms with van der Waals surface area (Å²) >= 11 is 0. The van der Waals surface area contributed by atoms with E-state index in [2.05, 4.69) is 82.6 Å². The first-order valence-electron chi connectivity index (χ1n) is 32.4. The van der Waals surface area contributed by atoms with E-state index in [1.807, 2.05) is 308 Å². The molecule has 0 spiro atoms. The van der Waals surface area contributed by atoms with Crippen molar-refractivity contribution in [3.8, 4) is 56.5 Å². The predicted molar refractivity (Wildman–Crippen MR) is 378 cm³/mol. The Hall–Kier alpha value is -8.92. The number of aryl methyl sites for hydroxylation is 10. The van der Waals surface area contributed by atoms with E-state index in [0.717, 1.165) is 62.1 Å². The van der Waals surface area contributed by atoms with Crippen molar-refractivity contribution in [1.82, 2.24) is 54.9 Å². The summed E-state index contributed by atoms with van der Waals surface area (Å²) in [5.74, 6) is 1.82. The van der Waals surface area contributed by atoms with Gasteiger partial charge in [0, 0.05) is 85.7 Å². The summed E-state index contributed by atoms with van der Waals surface area (Å²) in [4.78, 5) is 41.2. The van der Waals surface area contributed by atoms with Crippen LogP contribution in [0.5, 0.6) is 0 Å². The fourth-order valence-corrected chi connectivity index (χ4v) is 7.02. The molecule has 0 bridgehead atoms. The molecule has 0 radical (unpaired) electrons.